The lowest BCUT2D eigenvalue weighted by Crippen LogP contribution is -2.32. The Kier molecular flexibility index (Phi) is 5.91. The zero-order valence-electron chi connectivity index (χ0n) is 13.3. The van der Waals surface area contributed by atoms with Crippen LogP contribution in [0.3, 0.4) is 0 Å². The molecule has 2 aromatic carbocycles. The van der Waals surface area contributed by atoms with E-state index in [4.69, 9.17) is 27.9 Å². The second-order valence-electron chi connectivity index (χ2n) is 5.33. The van der Waals surface area contributed by atoms with Gasteiger partial charge in [-0.25, -0.2) is 0 Å². The van der Waals surface area contributed by atoms with Crippen molar-refractivity contribution in [2.24, 2.45) is 0 Å². The fourth-order valence-corrected chi connectivity index (χ4v) is 2.59. The summed E-state index contributed by atoms with van der Waals surface area (Å²) in [4.78, 5) is 12.5. The molecule has 0 heterocycles. The van der Waals surface area contributed by atoms with Gasteiger partial charge in [0.25, 0.3) is 5.91 Å². The second-order valence-corrected chi connectivity index (χ2v) is 6.17. The molecule has 0 aliphatic carbocycles. The average molecular weight is 352 g/mol. The van der Waals surface area contributed by atoms with E-state index in [1.807, 2.05) is 39.0 Å². The molecule has 23 heavy (non-hydrogen) atoms. The highest BCUT2D eigenvalue weighted by atomic mass is 35.5. The molecule has 0 aliphatic rings. The predicted octanol–water partition coefficient (Wildman–Crippen LogP) is 5.41. The summed E-state index contributed by atoms with van der Waals surface area (Å²) >= 11 is 11.9. The lowest BCUT2D eigenvalue weighted by Gasteiger charge is -2.19. The zero-order valence-corrected chi connectivity index (χ0v) is 14.8. The smallest absolute Gasteiger partial charge is 0.265 e. The quantitative estimate of drug-likeness (QED) is 0.782. The van der Waals surface area contributed by atoms with Crippen molar-refractivity contribution >= 4 is 34.8 Å². The maximum Gasteiger partial charge on any atom is 0.265 e. The summed E-state index contributed by atoms with van der Waals surface area (Å²) in [6.45, 7) is 5.89. The average Bonchev–Trinajstić information content (AvgIpc) is 2.51. The van der Waals surface area contributed by atoms with Crippen LogP contribution in [0.25, 0.3) is 0 Å². The van der Waals surface area contributed by atoms with E-state index in [1.54, 1.807) is 18.2 Å². The van der Waals surface area contributed by atoms with Crippen LogP contribution in [-0.2, 0) is 4.79 Å². The van der Waals surface area contributed by atoms with Gasteiger partial charge >= 0.3 is 0 Å². The Hall–Kier alpha value is -1.71. The molecule has 0 aliphatic heterocycles. The number of halogens is 2. The van der Waals surface area contributed by atoms with Gasteiger partial charge < -0.3 is 10.1 Å². The number of amides is 1. The molecule has 1 N–H and O–H groups in total. The third-order valence-electron chi connectivity index (χ3n) is 3.68. The SMILES string of the molecule is CC[C@@H](Oc1cccc(C)c1C)C(=O)Nc1ccc(Cl)cc1Cl. The van der Waals surface area contributed by atoms with Gasteiger partial charge in [-0.3, -0.25) is 4.79 Å². The van der Waals surface area contributed by atoms with Crippen molar-refractivity contribution in [1.82, 2.24) is 0 Å². The number of ether oxygens (including phenoxy) is 1. The first-order valence-electron chi connectivity index (χ1n) is 7.41. The van der Waals surface area contributed by atoms with Gasteiger partial charge in [0.1, 0.15) is 5.75 Å². The number of carbonyl (C=O) groups is 1. The molecular weight excluding hydrogens is 333 g/mol. The fraction of sp³-hybridized carbons (Fsp3) is 0.278. The maximum atomic E-state index is 12.5. The van der Waals surface area contributed by atoms with Crippen LogP contribution in [0.5, 0.6) is 5.75 Å². The van der Waals surface area contributed by atoms with E-state index in [1.165, 1.54) is 0 Å². The molecule has 0 saturated heterocycles. The zero-order chi connectivity index (χ0) is 17.0. The molecule has 2 rings (SSSR count). The normalized spacial score (nSPS) is 11.9. The summed E-state index contributed by atoms with van der Waals surface area (Å²) in [7, 11) is 0. The first-order valence-corrected chi connectivity index (χ1v) is 8.16. The molecule has 0 radical (unpaired) electrons. The number of carbonyl (C=O) groups excluding carboxylic acids is 1. The molecule has 122 valence electrons. The Morgan fingerprint density at radius 2 is 1.96 bits per heavy atom. The predicted molar refractivity (Wildman–Crippen MR) is 95.7 cm³/mol. The van der Waals surface area contributed by atoms with Gasteiger partial charge in [-0.1, -0.05) is 42.3 Å². The van der Waals surface area contributed by atoms with Crippen LogP contribution in [0.4, 0.5) is 5.69 Å². The third kappa shape index (κ3) is 4.40. The number of nitrogens with one attached hydrogen (secondary N) is 1. The molecule has 3 nitrogen and oxygen atoms in total. The van der Waals surface area contributed by atoms with Crippen LogP contribution in [0.1, 0.15) is 24.5 Å². The molecule has 0 aromatic heterocycles. The van der Waals surface area contributed by atoms with Gasteiger partial charge in [0.15, 0.2) is 6.10 Å². The van der Waals surface area contributed by atoms with Gasteiger partial charge in [0.2, 0.25) is 0 Å². The van der Waals surface area contributed by atoms with Crippen LogP contribution < -0.4 is 10.1 Å². The number of hydrogen-bond acceptors (Lipinski definition) is 2. The molecule has 0 fully saturated rings. The van der Waals surface area contributed by atoms with Crippen LogP contribution in [0.2, 0.25) is 10.0 Å². The summed E-state index contributed by atoms with van der Waals surface area (Å²) in [6.07, 6.45) is -0.0491. The number of anilines is 1. The minimum absolute atomic E-state index is 0.238. The van der Waals surface area contributed by atoms with Crippen LogP contribution >= 0.6 is 23.2 Å². The van der Waals surface area contributed by atoms with Crippen molar-refractivity contribution in [3.8, 4) is 5.75 Å². The van der Waals surface area contributed by atoms with Crippen molar-refractivity contribution in [2.75, 3.05) is 5.32 Å². The number of rotatable bonds is 5. The van der Waals surface area contributed by atoms with Crippen molar-refractivity contribution < 1.29 is 9.53 Å². The molecule has 0 saturated carbocycles. The van der Waals surface area contributed by atoms with Crippen molar-refractivity contribution in [3.63, 3.8) is 0 Å². The van der Waals surface area contributed by atoms with Gasteiger partial charge in [-0.15, -0.1) is 0 Å². The first-order chi connectivity index (χ1) is 10.9. The molecule has 0 spiro atoms. The lowest BCUT2D eigenvalue weighted by atomic mass is 10.1. The van der Waals surface area contributed by atoms with Crippen LogP contribution in [0.15, 0.2) is 36.4 Å². The maximum absolute atomic E-state index is 12.5. The number of aryl methyl sites for hydroxylation is 1. The molecule has 1 amide bonds. The van der Waals surface area contributed by atoms with Gasteiger partial charge in [0.05, 0.1) is 10.7 Å². The molecule has 2 aromatic rings. The van der Waals surface area contributed by atoms with E-state index < -0.39 is 6.10 Å². The minimum atomic E-state index is -0.595. The van der Waals surface area contributed by atoms with Gasteiger partial charge in [-0.2, -0.15) is 0 Å². The monoisotopic (exact) mass is 351 g/mol. The first kappa shape index (κ1) is 17.6. The standard InChI is InChI=1S/C18H19Cl2NO2/c1-4-16(23-17-7-5-6-11(2)12(17)3)18(22)21-15-9-8-13(19)10-14(15)20/h5-10,16H,4H2,1-3H3,(H,21,22)/t16-/m1/s1. The fourth-order valence-electron chi connectivity index (χ4n) is 2.13. The Morgan fingerprint density at radius 3 is 2.61 bits per heavy atom. The summed E-state index contributed by atoms with van der Waals surface area (Å²) < 4.78 is 5.89. The summed E-state index contributed by atoms with van der Waals surface area (Å²) in [5, 5.41) is 3.70. The second kappa shape index (κ2) is 7.71. The van der Waals surface area contributed by atoms with Crippen LogP contribution in [0, 0.1) is 13.8 Å². The molecular formula is C18H19Cl2NO2. The molecule has 0 bridgehead atoms. The van der Waals surface area contributed by atoms with E-state index in [0.717, 1.165) is 11.1 Å². The van der Waals surface area contributed by atoms with Crippen molar-refractivity contribution in [1.29, 1.82) is 0 Å². The molecule has 1 atom stereocenters. The van der Waals surface area contributed by atoms with E-state index in [2.05, 4.69) is 5.32 Å². The summed E-state index contributed by atoms with van der Waals surface area (Å²) in [5.74, 6) is 0.479. The Balaban J connectivity index is 2.14. The van der Waals surface area contributed by atoms with Crippen molar-refractivity contribution in [2.45, 2.75) is 33.3 Å². The van der Waals surface area contributed by atoms with Gasteiger partial charge in [-0.05, 0) is 55.7 Å². The van der Waals surface area contributed by atoms with E-state index in [-0.39, 0.29) is 5.91 Å². The minimum Gasteiger partial charge on any atom is -0.480 e. The third-order valence-corrected chi connectivity index (χ3v) is 4.22. The largest absolute Gasteiger partial charge is 0.480 e. The topological polar surface area (TPSA) is 38.3 Å². The summed E-state index contributed by atoms with van der Waals surface area (Å²) in [6, 6.07) is 10.7. The van der Waals surface area contributed by atoms with Crippen LogP contribution in [-0.4, -0.2) is 12.0 Å². The number of benzene rings is 2. The Labute approximate surface area is 146 Å². The lowest BCUT2D eigenvalue weighted by molar-refractivity contribution is -0.122. The highest BCUT2D eigenvalue weighted by Gasteiger charge is 2.20. The highest BCUT2D eigenvalue weighted by Crippen LogP contribution is 2.26. The van der Waals surface area contributed by atoms with E-state index in [0.29, 0.717) is 27.9 Å². The summed E-state index contributed by atoms with van der Waals surface area (Å²) in [5.41, 5.74) is 2.67. The van der Waals surface area contributed by atoms with E-state index >= 15 is 0 Å². The Bertz CT molecular complexity index is 716. The van der Waals surface area contributed by atoms with Gasteiger partial charge in [0, 0.05) is 5.02 Å². The van der Waals surface area contributed by atoms with E-state index in [9.17, 15) is 4.79 Å². The highest BCUT2D eigenvalue weighted by molar-refractivity contribution is 6.36. The Morgan fingerprint density at radius 1 is 1.22 bits per heavy atom. The molecule has 5 heteroatoms. The van der Waals surface area contributed by atoms with Crippen molar-refractivity contribution in [3.05, 3.63) is 57.6 Å². The number of hydrogen-bond donors (Lipinski definition) is 1. The molecule has 0 unspecified atom stereocenters.